The Balaban J connectivity index is 1.39. The molecule has 32 heavy (non-hydrogen) atoms. The third-order valence-electron chi connectivity index (χ3n) is 5.35. The van der Waals surface area contributed by atoms with E-state index in [1.165, 1.54) is 6.92 Å². The number of fused-ring (bicyclic) bond motifs is 1. The average Bonchev–Trinajstić information content (AvgIpc) is 3.23. The fourth-order valence-electron chi connectivity index (χ4n) is 3.75. The van der Waals surface area contributed by atoms with E-state index in [1.54, 1.807) is 48.2 Å². The fourth-order valence-corrected chi connectivity index (χ4v) is 3.75. The molecule has 0 N–H and O–H groups in total. The topological polar surface area (TPSA) is 72.9 Å². The summed E-state index contributed by atoms with van der Waals surface area (Å²) in [6, 6.07) is 21.8. The Bertz CT molecular complexity index is 1150. The van der Waals surface area contributed by atoms with E-state index in [1.807, 2.05) is 36.4 Å². The molecule has 1 amide bonds. The molecule has 162 valence electrons. The highest BCUT2D eigenvalue weighted by Crippen LogP contribution is 2.28. The first-order chi connectivity index (χ1) is 15.4. The number of anilines is 1. The minimum Gasteiger partial charge on any atom is -0.449 e. The van der Waals surface area contributed by atoms with Crippen molar-refractivity contribution >= 4 is 23.5 Å². The lowest BCUT2D eigenvalue weighted by Gasteiger charge is -2.21. The number of amides is 1. The van der Waals surface area contributed by atoms with Gasteiger partial charge in [0.25, 0.3) is 5.91 Å². The van der Waals surface area contributed by atoms with Crippen LogP contribution in [0.3, 0.4) is 0 Å². The molecule has 1 atom stereocenters. The predicted octanol–water partition coefficient (Wildman–Crippen LogP) is 4.41. The van der Waals surface area contributed by atoms with Crippen LogP contribution in [0.25, 0.3) is 11.1 Å². The molecule has 0 aliphatic carbocycles. The maximum Gasteiger partial charge on any atom is 0.338 e. The molecule has 1 aliphatic heterocycles. The first kappa shape index (κ1) is 21.3. The summed E-state index contributed by atoms with van der Waals surface area (Å²) in [6.45, 7) is 3.54. The smallest absolute Gasteiger partial charge is 0.338 e. The molecule has 0 saturated heterocycles. The van der Waals surface area contributed by atoms with Crippen LogP contribution >= 0.6 is 0 Å². The molecular weight excluding hydrogens is 406 g/mol. The number of para-hydroxylation sites is 1. The van der Waals surface area contributed by atoms with Gasteiger partial charge in [-0.25, -0.2) is 4.79 Å². The molecule has 3 aromatic rings. The fraction of sp³-hybridized carbons (Fsp3) is 0.192. The number of carbonyl (C=O) groups excluding carboxylic acids is 3. The van der Waals surface area contributed by atoms with E-state index >= 15 is 0 Å². The SMILES string of the molecule is CC(=O)Oc1ccc(-c2ccc(C(=O)OC(C)C(=O)N3CCc4ccccc43)cc2)cc1. The van der Waals surface area contributed by atoms with Crippen molar-refractivity contribution in [3.8, 4) is 16.9 Å². The van der Waals surface area contributed by atoms with E-state index in [0.29, 0.717) is 17.9 Å². The highest BCUT2D eigenvalue weighted by Gasteiger charge is 2.29. The van der Waals surface area contributed by atoms with Crippen LogP contribution in [0.1, 0.15) is 29.8 Å². The first-order valence-corrected chi connectivity index (χ1v) is 10.4. The Morgan fingerprint density at radius 1 is 0.875 bits per heavy atom. The minimum absolute atomic E-state index is 0.229. The molecule has 6 heteroatoms. The Morgan fingerprint density at radius 3 is 2.16 bits per heavy atom. The van der Waals surface area contributed by atoms with Gasteiger partial charge in [0, 0.05) is 19.2 Å². The van der Waals surface area contributed by atoms with E-state index in [-0.39, 0.29) is 11.9 Å². The standard InChI is InChI=1S/C26H23NO5/c1-17(25(29)27-16-15-21-5-3-4-6-24(21)27)31-26(30)22-9-7-19(8-10-22)20-11-13-23(14-12-20)32-18(2)28/h3-14,17H,15-16H2,1-2H3. The van der Waals surface area contributed by atoms with Gasteiger partial charge in [0.1, 0.15) is 5.75 Å². The molecule has 0 saturated carbocycles. The summed E-state index contributed by atoms with van der Waals surface area (Å²) in [5.74, 6) is -0.675. The quantitative estimate of drug-likeness (QED) is 0.444. The summed E-state index contributed by atoms with van der Waals surface area (Å²) in [6.07, 6.45) is -0.0894. The summed E-state index contributed by atoms with van der Waals surface area (Å²) in [5, 5.41) is 0. The number of nitrogens with zero attached hydrogens (tertiary/aromatic N) is 1. The largest absolute Gasteiger partial charge is 0.449 e. The van der Waals surface area contributed by atoms with Crippen molar-refractivity contribution in [2.75, 3.05) is 11.4 Å². The van der Waals surface area contributed by atoms with Gasteiger partial charge in [-0.1, -0.05) is 42.5 Å². The van der Waals surface area contributed by atoms with Crippen LogP contribution in [-0.4, -0.2) is 30.5 Å². The summed E-state index contributed by atoms with van der Waals surface area (Å²) >= 11 is 0. The maximum atomic E-state index is 12.8. The van der Waals surface area contributed by atoms with Gasteiger partial charge < -0.3 is 14.4 Å². The molecule has 0 spiro atoms. The van der Waals surface area contributed by atoms with Crippen LogP contribution in [-0.2, 0) is 20.7 Å². The molecule has 0 fully saturated rings. The zero-order valence-electron chi connectivity index (χ0n) is 17.9. The van der Waals surface area contributed by atoms with E-state index in [0.717, 1.165) is 28.8 Å². The lowest BCUT2D eigenvalue weighted by molar-refractivity contribution is -0.131. The van der Waals surface area contributed by atoms with Gasteiger partial charge in [-0.15, -0.1) is 0 Å². The van der Waals surface area contributed by atoms with E-state index in [2.05, 4.69) is 0 Å². The highest BCUT2D eigenvalue weighted by atomic mass is 16.5. The molecule has 1 heterocycles. The zero-order valence-corrected chi connectivity index (χ0v) is 17.9. The summed E-state index contributed by atoms with van der Waals surface area (Å²) in [4.78, 5) is 38.1. The minimum atomic E-state index is -0.887. The van der Waals surface area contributed by atoms with E-state index in [4.69, 9.17) is 9.47 Å². The second-order valence-corrected chi connectivity index (χ2v) is 7.61. The second-order valence-electron chi connectivity index (χ2n) is 7.61. The molecule has 6 nitrogen and oxygen atoms in total. The zero-order chi connectivity index (χ0) is 22.7. The summed E-state index contributed by atoms with van der Waals surface area (Å²) in [7, 11) is 0. The molecule has 3 aromatic carbocycles. The Labute approximate surface area is 186 Å². The summed E-state index contributed by atoms with van der Waals surface area (Å²) in [5.41, 5.74) is 4.18. The van der Waals surface area contributed by atoms with Crippen molar-refractivity contribution in [1.82, 2.24) is 0 Å². The molecule has 0 aromatic heterocycles. The Morgan fingerprint density at radius 2 is 1.50 bits per heavy atom. The second kappa shape index (κ2) is 9.06. The van der Waals surface area contributed by atoms with Crippen LogP contribution in [0.5, 0.6) is 5.75 Å². The van der Waals surface area contributed by atoms with Gasteiger partial charge in [-0.3, -0.25) is 9.59 Å². The van der Waals surface area contributed by atoms with Crippen LogP contribution in [0.4, 0.5) is 5.69 Å². The van der Waals surface area contributed by atoms with Crippen molar-refractivity contribution in [1.29, 1.82) is 0 Å². The molecule has 4 rings (SSSR count). The van der Waals surface area contributed by atoms with Crippen molar-refractivity contribution in [3.05, 3.63) is 83.9 Å². The number of rotatable bonds is 5. The van der Waals surface area contributed by atoms with Crippen molar-refractivity contribution in [2.24, 2.45) is 0 Å². The van der Waals surface area contributed by atoms with Crippen LogP contribution in [0.15, 0.2) is 72.8 Å². The number of ether oxygens (including phenoxy) is 2. The normalized spacial score (nSPS) is 13.2. The van der Waals surface area contributed by atoms with Gasteiger partial charge in [0.2, 0.25) is 0 Å². The van der Waals surface area contributed by atoms with Crippen molar-refractivity contribution in [2.45, 2.75) is 26.4 Å². The number of hydrogen-bond donors (Lipinski definition) is 0. The maximum absolute atomic E-state index is 12.8. The predicted molar refractivity (Wildman–Crippen MR) is 121 cm³/mol. The number of benzene rings is 3. The number of carbonyl (C=O) groups is 3. The molecule has 1 aliphatic rings. The van der Waals surface area contributed by atoms with Crippen molar-refractivity contribution in [3.63, 3.8) is 0 Å². The molecule has 0 radical (unpaired) electrons. The van der Waals surface area contributed by atoms with Gasteiger partial charge in [0.15, 0.2) is 6.10 Å². The Kier molecular flexibility index (Phi) is 6.03. The summed E-state index contributed by atoms with van der Waals surface area (Å²) < 4.78 is 10.5. The average molecular weight is 429 g/mol. The third kappa shape index (κ3) is 4.54. The number of hydrogen-bond acceptors (Lipinski definition) is 5. The van der Waals surface area contributed by atoms with Gasteiger partial charge in [0.05, 0.1) is 5.56 Å². The van der Waals surface area contributed by atoms with Gasteiger partial charge in [-0.2, -0.15) is 0 Å². The van der Waals surface area contributed by atoms with Crippen LogP contribution < -0.4 is 9.64 Å². The first-order valence-electron chi connectivity index (χ1n) is 10.4. The Hall–Kier alpha value is -3.93. The highest BCUT2D eigenvalue weighted by molar-refractivity contribution is 6.00. The molecular formula is C26H23NO5. The van der Waals surface area contributed by atoms with Gasteiger partial charge >= 0.3 is 11.9 Å². The lowest BCUT2D eigenvalue weighted by atomic mass is 10.0. The monoisotopic (exact) mass is 429 g/mol. The van der Waals surface area contributed by atoms with Gasteiger partial charge in [-0.05, 0) is 60.4 Å². The molecule has 0 bridgehead atoms. The number of esters is 2. The van der Waals surface area contributed by atoms with Crippen LogP contribution in [0.2, 0.25) is 0 Å². The van der Waals surface area contributed by atoms with E-state index < -0.39 is 12.1 Å². The molecule has 1 unspecified atom stereocenters. The van der Waals surface area contributed by atoms with Crippen LogP contribution in [0, 0.1) is 0 Å². The van der Waals surface area contributed by atoms with E-state index in [9.17, 15) is 14.4 Å². The third-order valence-corrected chi connectivity index (χ3v) is 5.35. The van der Waals surface area contributed by atoms with Crippen molar-refractivity contribution < 1.29 is 23.9 Å². The lowest BCUT2D eigenvalue weighted by Crippen LogP contribution is -2.39.